The van der Waals surface area contributed by atoms with Crippen molar-refractivity contribution < 1.29 is 17.9 Å². The second-order valence-electron chi connectivity index (χ2n) is 6.40. The summed E-state index contributed by atoms with van der Waals surface area (Å²) in [5.74, 6) is 0.606. The summed E-state index contributed by atoms with van der Waals surface area (Å²) >= 11 is 1.29. The van der Waals surface area contributed by atoms with Crippen LogP contribution in [0.1, 0.15) is 11.3 Å². The molecule has 0 aliphatic carbocycles. The Morgan fingerprint density at radius 2 is 1.83 bits per heavy atom. The van der Waals surface area contributed by atoms with Crippen molar-refractivity contribution in [2.75, 3.05) is 7.11 Å². The molecule has 0 spiro atoms. The van der Waals surface area contributed by atoms with Gasteiger partial charge in [-0.25, -0.2) is 4.98 Å². The van der Waals surface area contributed by atoms with E-state index in [1.54, 1.807) is 25.3 Å². The fraction of sp³-hybridized carbons (Fsp3) is 0.150. The summed E-state index contributed by atoms with van der Waals surface area (Å²) in [6, 6.07) is 11.1. The van der Waals surface area contributed by atoms with E-state index >= 15 is 0 Å². The molecular formula is C20H14F3N3O2S. The summed E-state index contributed by atoms with van der Waals surface area (Å²) in [5.41, 5.74) is 0.769. The van der Waals surface area contributed by atoms with E-state index in [0.717, 1.165) is 27.0 Å². The number of aryl methyl sites for hydroxylation is 1. The average molecular weight is 417 g/mol. The second-order valence-corrected chi connectivity index (χ2v) is 7.21. The molecular weight excluding hydrogens is 403 g/mol. The van der Waals surface area contributed by atoms with Gasteiger partial charge in [0.15, 0.2) is 5.69 Å². The third-order valence-electron chi connectivity index (χ3n) is 4.44. The average Bonchev–Trinajstić information content (AvgIpc) is 3.10. The third kappa shape index (κ3) is 3.61. The Hall–Kier alpha value is -3.20. The Labute approximate surface area is 167 Å². The first-order valence-corrected chi connectivity index (χ1v) is 9.27. The number of aromatic nitrogens is 3. The van der Waals surface area contributed by atoms with Crippen LogP contribution in [0.5, 0.6) is 5.75 Å². The van der Waals surface area contributed by atoms with Crippen molar-refractivity contribution in [2.45, 2.75) is 13.1 Å². The van der Waals surface area contributed by atoms with E-state index in [4.69, 9.17) is 4.74 Å². The van der Waals surface area contributed by atoms with Gasteiger partial charge in [0.25, 0.3) is 5.56 Å². The van der Waals surface area contributed by atoms with Crippen molar-refractivity contribution in [1.82, 2.24) is 14.3 Å². The van der Waals surface area contributed by atoms with Gasteiger partial charge < -0.3 is 9.72 Å². The van der Waals surface area contributed by atoms with Crippen molar-refractivity contribution >= 4 is 21.6 Å². The van der Waals surface area contributed by atoms with Crippen LogP contribution in [-0.4, -0.2) is 21.5 Å². The summed E-state index contributed by atoms with van der Waals surface area (Å²) in [5, 5.41) is 0.761. The summed E-state index contributed by atoms with van der Waals surface area (Å²) in [6.07, 6.45) is -4.71. The number of fused-ring (bicyclic) bond motifs is 1. The summed E-state index contributed by atoms with van der Waals surface area (Å²) < 4.78 is 49.7. The zero-order valence-electron chi connectivity index (χ0n) is 15.3. The minimum Gasteiger partial charge on any atom is -0.496 e. The lowest BCUT2D eigenvalue weighted by Gasteiger charge is -2.08. The van der Waals surface area contributed by atoms with Crippen molar-refractivity contribution in [3.05, 3.63) is 64.1 Å². The minimum absolute atomic E-state index is 0.144. The highest BCUT2D eigenvalue weighted by Gasteiger charge is 2.33. The Balaban J connectivity index is 1.86. The fourth-order valence-electron chi connectivity index (χ4n) is 3.06. The molecule has 0 aliphatic heterocycles. The molecule has 0 unspecified atom stereocenters. The SMILES string of the molecule is COc1ccc(-c2nsc3ccc(-c4nc(C(F)(F)F)cc(=O)[nH]4)cc23)cc1C. The number of H-pyrrole nitrogens is 1. The summed E-state index contributed by atoms with van der Waals surface area (Å²) in [7, 11) is 1.59. The van der Waals surface area contributed by atoms with E-state index in [2.05, 4.69) is 14.3 Å². The van der Waals surface area contributed by atoms with Crippen LogP contribution in [-0.2, 0) is 6.18 Å². The molecule has 0 radical (unpaired) electrons. The van der Waals surface area contributed by atoms with Crippen molar-refractivity contribution in [3.63, 3.8) is 0 Å². The van der Waals surface area contributed by atoms with Gasteiger partial charge in [0, 0.05) is 22.6 Å². The minimum atomic E-state index is -4.71. The van der Waals surface area contributed by atoms with Gasteiger partial charge in [-0.2, -0.15) is 17.5 Å². The number of nitrogens with one attached hydrogen (secondary N) is 1. The maximum atomic E-state index is 13.0. The maximum Gasteiger partial charge on any atom is 0.433 e. The van der Waals surface area contributed by atoms with Gasteiger partial charge in [-0.1, -0.05) is 0 Å². The smallest absolute Gasteiger partial charge is 0.433 e. The summed E-state index contributed by atoms with van der Waals surface area (Å²) in [6.45, 7) is 1.92. The zero-order chi connectivity index (χ0) is 20.8. The quantitative estimate of drug-likeness (QED) is 0.507. The molecule has 0 bridgehead atoms. The largest absolute Gasteiger partial charge is 0.496 e. The van der Waals surface area contributed by atoms with Crippen LogP contribution < -0.4 is 10.3 Å². The number of hydrogen-bond acceptors (Lipinski definition) is 5. The fourth-order valence-corrected chi connectivity index (χ4v) is 3.84. The van der Waals surface area contributed by atoms with E-state index < -0.39 is 17.4 Å². The van der Waals surface area contributed by atoms with Gasteiger partial charge in [0.2, 0.25) is 0 Å². The van der Waals surface area contributed by atoms with Gasteiger partial charge in [-0.15, -0.1) is 0 Å². The first kappa shape index (κ1) is 19.1. The van der Waals surface area contributed by atoms with Gasteiger partial charge in [-0.05, 0) is 60.4 Å². The first-order chi connectivity index (χ1) is 13.8. The molecule has 2 aromatic heterocycles. The molecule has 148 valence electrons. The monoisotopic (exact) mass is 417 g/mol. The predicted octanol–water partition coefficient (Wildman–Crippen LogP) is 5.05. The van der Waals surface area contributed by atoms with Crippen molar-refractivity contribution in [1.29, 1.82) is 0 Å². The lowest BCUT2D eigenvalue weighted by molar-refractivity contribution is -0.141. The number of methoxy groups -OCH3 is 1. The predicted molar refractivity (Wildman–Crippen MR) is 105 cm³/mol. The second kappa shape index (κ2) is 7.00. The van der Waals surface area contributed by atoms with E-state index in [9.17, 15) is 18.0 Å². The van der Waals surface area contributed by atoms with E-state index in [1.807, 2.05) is 25.1 Å². The van der Waals surface area contributed by atoms with Gasteiger partial charge >= 0.3 is 6.18 Å². The Kier molecular flexibility index (Phi) is 4.62. The molecule has 2 heterocycles. The Bertz CT molecular complexity index is 1280. The molecule has 1 N–H and O–H groups in total. The number of halogens is 3. The standard InChI is InChI=1S/C20H14F3N3O2S/c1-10-7-11(3-5-14(10)28-2)18-13-8-12(4-6-15(13)29-26-18)19-24-16(20(21,22)23)9-17(27)25-19/h3-9H,1-2H3,(H,24,25,27). The molecule has 0 fully saturated rings. The number of benzene rings is 2. The molecule has 5 nitrogen and oxygen atoms in total. The topological polar surface area (TPSA) is 67.9 Å². The van der Waals surface area contributed by atoms with E-state index in [-0.39, 0.29) is 5.82 Å². The van der Waals surface area contributed by atoms with Crippen LogP contribution in [0.15, 0.2) is 47.3 Å². The van der Waals surface area contributed by atoms with E-state index in [1.165, 1.54) is 11.5 Å². The molecule has 0 amide bonds. The number of rotatable bonds is 3. The van der Waals surface area contributed by atoms with Gasteiger partial charge in [0.1, 0.15) is 11.6 Å². The van der Waals surface area contributed by atoms with E-state index in [0.29, 0.717) is 17.3 Å². The lowest BCUT2D eigenvalue weighted by Crippen LogP contribution is -2.16. The van der Waals surface area contributed by atoms with Crippen LogP contribution in [0.25, 0.3) is 32.7 Å². The van der Waals surface area contributed by atoms with Gasteiger partial charge in [-0.3, -0.25) is 4.79 Å². The highest BCUT2D eigenvalue weighted by molar-refractivity contribution is 7.13. The first-order valence-electron chi connectivity index (χ1n) is 8.49. The zero-order valence-corrected chi connectivity index (χ0v) is 16.1. The molecule has 4 aromatic rings. The number of ether oxygens (including phenoxy) is 1. The van der Waals surface area contributed by atoms with Crippen molar-refractivity contribution in [3.8, 4) is 28.4 Å². The van der Waals surface area contributed by atoms with Crippen LogP contribution in [0.3, 0.4) is 0 Å². The number of aromatic amines is 1. The Morgan fingerprint density at radius 1 is 1.07 bits per heavy atom. The third-order valence-corrected chi connectivity index (χ3v) is 5.27. The Morgan fingerprint density at radius 3 is 2.52 bits per heavy atom. The molecule has 29 heavy (non-hydrogen) atoms. The highest BCUT2D eigenvalue weighted by Crippen LogP contribution is 2.35. The molecule has 0 saturated carbocycles. The molecule has 2 aromatic carbocycles. The lowest BCUT2D eigenvalue weighted by atomic mass is 10.0. The molecule has 4 rings (SSSR count). The number of alkyl halides is 3. The van der Waals surface area contributed by atoms with Crippen LogP contribution in [0.4, 0.5) is 13.2 Å². The molecule has 0 atom stereocenters. The molecule has 0 aliphatic rings. The number of nitrogens with zero attached hydrogens (tertiary/aromatic N) is 2. The van der Waals surface area contributed by atoms with Crippen LogP contribution in [0, 0.1) is 6.92 Å². The van der Waals surface area contributed by atoms with Crippen LogP contribution in [0.2, 0.25) is 0 Å². The normalized spacial score (nSPS) is 11.8. The maximum absolute atomic E-state index is 13.0. The molecule has 0 saturated heterocycles. The summed E-state index contributed by atoms with van der Waals surface area (Å²) in [4.78, 5) is 17.7. The van der Waals surface area contributed by atoms with Crippen LogP contribution >= 0.6 is 11.5 Å². The van der Waals surface area contributed by atoms with Crippen molar-refractivity contribution in [2.24, 2.45) is 0 Å². The van der Waals surface area contributed by atoms with Gasteiger partial charge in [0.05, 0.1) is 17.5 Å². The highest BCUT2D eigenvalue weighted by atomic mass is 32.1. The molecule has 9 heteroatoms. The number of hydrogen-bond donors (Lipinski definition) is 1.